The quantitative estimate of drug-likeness (QED) is 0.729. The normalized spacial score (nSPS) is 12.7. The van der Waals surface area contributed by atoms with Gasteiger partial charge in [-0.25, -0.2) is 12.8 Å². The van der Waals surface area contributed by atoms with Crippen LogP contribution in [-0.4, -0.2) is 27.1 Å². The first kappa shape index (κ1) is 20.9. The molecule has 2 rings (SSSR count). The largest absolute Gasteiger partial charge is 0.352 e. The molecule has 0 aliphatic heterocycles. The lowest BCUT2D eigenvalue weighted by Crippen LogP contribution is -2.28. The van der Waals surface area contributed by atoms with Crippen molar-refractivity contribution in [2.45, 2.75) is 12.8 Å². The van der Waals surface area contributed by atoms with Gasteiger partial charge in [0.2, 0.25) is 15.9 Å². The SMILES string of the molecule is CC(C(=O)NC/C=C\c1ccc(Cl)cc1)c1ccc(NS(C)(=O)=O)c(F)c1. The van der Waals surface area contributed by atoms with E-state index in [-0.39, 0.29) is 11.6 Å². The highest BCUT2D eigenvalue weighted by Gasteiger charge is 2.17. The third-order valence-corrected chi connectivity index (χ3v) is 4.60. The minimum absolute atomic E-state index is 0.153. The van der Waals surface area contributed by atoms with Crippen molar-refractivity contribution in [1.29, 1.82) is 0 Å². The van der Waals surface area contributed by atoms with E-state index in [2.05, 4.69) is 10.0 Å². The lowest BCUT2D eigenvalue weighted by atomic mass is 10.00. The van der Waals surface area contributed by atoms with Crippen molar-refractivity contribution in [2.24, 2.45) is 0 Å². The molecular formula is C19H20ClFN2O3S. The van der Waals surface area contributed by atoms with Crippen LogP contribution in [0.1, 0.15) is 24.0 Å². The number of halogens is 2. The summed E-state index contributed by atoms with van der Waals surface area (Å²) in [6.45, 7) is 1.97. The van der Waals surface area contributed by atoms with Crippen LogP contribution in [-0.2, 0) is 14.8 Å². The van der Waals surface area contributed by atoms with Crippen LogP contribution in [0.3, 0.4) is 0 Å². The van der Waals surface area contributed by atoms with E-state index < -0.39 is 21.8 Å². The van der Waals surface area contributed by atoms with Crippen LogP contribution < -0.4 is 10.0 Å². The molecule has 0 saturated heterocycles. The molecule has 144 valence electrons. The molecule has 0 aromatic heterocycles. The van der Waals surface area contributed by atoms with Crippen LogP contribution in [0, 0.1) is 5.82 Å². The van der Waals surface area contributed by atoms with E-state index in [1.807, 2.05) is 18.2 Å². The Labute approximate surface area is 163 Å². The Morgan fingerprint density at radius 2 is 1.89 bits per heavy atom. The van der Waals surface area contributed by atoms with Gasteiger partial charge in [0.25, 0.3) is 0 Å². The number of hydrogen-bond donors (Lipinski definition) is 2. The summed E-state index contributed by atoms with van der Waals surface area (Å²) in [5.74, 6) is -1.59. The van der Waals surface area contributed by atoms with Gasteiger partial charge in [-0.3, -0.25) is 9.52 Å². The highest BCUT2D eigenvalue weighted by Crippen LogP contribution is 2.22. The molecule has 0 radical (unpaired) electrons. The maximum Gasteiger partial charge on any atom is 0.229 e. The number of benzene rings is 2. The molecule has 27 heavy (non-hydrogen) atoms. The standard InChI is InChI=1S/C19H20ClFN2O3S/c1-13(15-7-10-18(17(21)12-15)23-27(2,25)26)19(24)22-11-3-4-14-5-8-16(20)9-6-14/h3-10,12-13,23H,11H2,1-2H3,(H,22,24)/b4-3-. The molecule has 1 amide bonds. The van der Waals surface area contributed by atoms with Gasteiger partial charge in [0.05, 0.1) is 17.9 Å². The topological polar surface area (TPSA) is 75.3 Å². The lowest BCUT2D eigenvalue weighted by molar-refractivity contribution is -0.122. The number of carbonyl (C=O) groups excluding carboxylic acids is 1. The number of carbonyl (C=O) groups is 1. The van der Waals surface area contributed by atoms with Gasteiger partial charge >= 0.3 is 0 Å². The van der Waals surface area contributed by atoms with Gasteiger partial charge in [-0.1, -0.05) is 42.0 Å². The predicted octanol–water partition coefficient (Wildman–Crippen LogP) is 3.78. The van der Waals surface area contributed by atoms with Crippen molar-refractivity contribution in [3.8, 4) is 0 Å². The highest BCUT2D eigenvalue weighted by molar-refractivity contribution is 7.92. The van der Waals surface area contributed by atoms with E-state index in [9.17, 15) is 17.6 Å². The second-order valence-corrected chi connectivity index (χ2v) is 8.22. The number of rotatable bonds is 7. The van der Waals surface area contributed by atoms with Gasteiger partial charge in [0, 0.05) is 11.6 Å². The maximum atomic E-state index is 14.0. The zero-order valence-electron chi connectivity index (χ0n) is 14.9. The lowest BCUT2D eigenvalue weighted by Gasteiger charge is -2.13. The summed E-state index contributed by atoms with van der Waals surface area (Å²) in [6.07, 6.45) is 4.59. The van der Waals surface area contributed by atoms with Crippen molar-refractivity contribution >= 4 is 39.3 Å². The van der Waals surface area contributed by atoms with Crippen molar-refractivity contribution in [1.82, 2.24) is 5.32 Å². The van der Waals surface area contributed by atoms with Crippen LogP contribution >= 0.6 is 11.6 Å². The summed E-state index contributed by atoms with van der Waals surface area (Å²) in [6, 6.07) is 11.2. The second-order valence-electron chi connectivity index (χ2n) is 6.03. The molecule has 2 aromatic rings. The molecule has 0 aliphatic rings. The molecular weight excluding hydrogens is 391 g/mol. The number of amides is 1. The van der Waals surface area contributed by atoms with Gasteiger partial charge in [-0.2, -0.15) is 0 Å². The Morgan fingerprint density at radius 3 is 2.48 bits per heavy atom. The summed E-state index contributed by atoms with van der Waals surface area (Å²) in [5.41, 5.74) is 1.25. The third-order valence-electron chi connectivity index (χ3n) is 3.76. The molecule has 0 heterocycles. The molecule has 2 aromatic carbocycles. The maximum absolute atomic E-state index is 14.0. The van der Waals surface area contributed by atoms with Crippen LogP contribution in [0.4, 0.5) is 10.1 Å². The Morgan fingerprint density at radius 1 is 1.22 bits per heavy atom. The summed E-state index contributed by atoms with van der Waals surface area (Å²) in [4.78, 5) is 12.2. The van der Waals surface area contributed by atoms with E-state index in [0.29, 0.717) is 17.1 Å². The molecule has 1 unspecified atom stereocenters. The van der Waals surface area contributed by atoms with E-state index in [1.54, 1.807) is 25.1 Å². The fourth-order valence-electron chi connectivity index (χ4n) is 2.32. The number of hydrogen-bond acceptors (Lipinski definition) is 3. The minimum atomic E-state index is -3.57. The van der Waals surface area contributed by atoms with Crippen molar-refractivity contribution in [3.63, 3.8) is 0 Å². The fourth-order valence-corrected chi connectivity index (χ4v) is 3.01. The van der Waals surface area contributed by atoms with Gasteiger partial charge in [-0.15, -0.1) is 0 Å². The van der Waals surface area contributed by atoms with E-state index in [0.717, 1.165) is 17.9 Å². The minimum Gasteiger partial charge on any atom is -0.352 e. The highest BCUT2D eigenvalue weighted by atomic mass is 35.5. The molecule has 0 fully saturated rings. The number of sulfonamides is 1. The Bertz CT molecular complexity index is 944. The van der Waals surface area contributed by atoms with Crippen LogP contribution in [0.5, 0.6) is 0 Å². The van der Waals surface area contributed by atoms with Gasteiger partial charge in [0.15, 0.2) is 0 Å². The molecule has 0 saturated carbocycles. The summed E-state index contributed by atoms with van der Waals surface area (Å²) >= 11 is 5.82. The number of anilines is 1. The molecule has 2 N–H and O–H groups in total. The smallest absolute Gasteiger partial charge is 0.229 e. The first-order valence-electron chi connectivity index (χ1n) is 8.13. The Balaban J connectivity index is 1.94. The average molecular weight is 411 g/mol. The van der Waals surface area contributed by atoms with Gasteiger partial charge in [0.1, 0.15) is 5.82 Å². The average Bonchev–Trinajstić information content (AvgIpc) is 2.60. The first-order chi connectivity index (χ1) is 12.7. The molecule has 0 aliphatic carbocycles. The predicted molar refractivity (Wildman–Crippen MR) is 107 cm³/mol. The Kier molecular flexibility index (Phi) is 6.98. The zero-order valence-corrected chi connectivity index (χ0v) is 16.4. The monoisotopic (exact) mass is 410 g/mol. The molecule has 0 bridgehead atoms. The summed E-state index contributed by atoms with van der Waals surface area (Å²) in [7, 11) is -3.57. The van der Waals surface area contributed by atoms with Crippen LogP contribution in [0.2, 0.25) is 5.02 Å². The van der Waals surface area contributed by atoms with Gasteiger partial charge in [-0.05, 0) is 42.3 Å². The molecule has 0 spiro atoms. The van der Waals surface area contributed by atoms with E-state index in [4.69, 9.17) is 11.6 Å². The molecule has 1 atom stereocenters. The van der Waals surface area contributed by atoms with Crippen molar-refractivity contribution < 1.29 is 17.6 Å². The summed E-state index contributed by atoms with van der Waals surface area (Å²) < 4.78 is 38.5. The van der Waals surface area contributed by atoms with Crippen molar-refractivity contribution in [3.05, 3.63) is 70.5 Å². The summed E-state index contributed by atoms with van der Waals surface area (Å²) in [5, 5.41) is 3.40. The number of nitrogens with one attached hydrogen (secondary N) is 2. The molecule has 8 heteroatoms. The fraction of sp³-hybridized carbons (Fsp3) is 0.211. The first-order valence-corrected chi connectivity index (χ1v) is 10.4. The van der Waals surface area contributed by atoms with E-state index in [1.165, 1.54) is 12.1 Å². The van der Waals surface area contributed by atoms with E-state index >= 15 is 0 Å². The second kappa shape index (κ2) is 9.01. The molecule has 5 nitrogen and oxygen atoms in total. The Hall–Kier alpha value is -2.38. The van der Waals surface area contributed by atoms with Crippen LogP contribution in [0.25, 0.3) is 6.08 Å². The van der Waals surface area contributed by atoms with Gasteiger partial charge < -0.3 is 5.32 Å². The third kappa shape index (κ3) is 6.69. The zero-order chi connectivity index (χ0) is 20.0. The van der Waals surface area contributed by atoms with Crippen molar-refractivity contribution in [2.75, 3.05) is 17.5 Å². The van der Waals surface area contributed by atoms with Crippen LogP contribution in [0.15, 0.2) is 48.5 Å².